The normalized spacial score (nSPS) is 10.8. The summed E-state index contributed by atoms with van der Waals surface area (Å²) in [5.41, 5.74) is 3.84. The van der Waals surface area contributed by atoms with Gasteiger partial charge >= 0.3 is 0 Å². The van der Waals surface area contributed by atoms with E-state index in [1.807, 2.05) is 12.1 Å². The van der Waals surface area contributed by atoms with Crippen LogP contribution < -0.4 is 0 Å². The Morgan fingerprint density at radius 3 is 2.53 bits per heavy atom. The molecule has 0 bridgehead atoms. The Labute approximate surface area is 106 Å². The van der Waals surface area contributed by atoms with Gasteiger partial charge in [-0.2, -0.15) is 0 Å². The molecule has 2 aromatic rings. The van der Waals surface area contributed by atoms with Crippen LogP contribution in [0.2, 0.25) is 0 Å². The Morgan fingerprint density at radius 2 is 1.94 bits per heavy atom. The smallest absolute Gasteiger partial charge is 0.160 e. The zero-order valence-corrected chi connectivity index (χ0v) is 11.2. The highest BCUT2D eigenvalue weighted by Crippen LogP contribution is 2.32. The molecule has 1 heterocycles. The quantitative estimate of drug-likeness (QED) is 0.718. The maximum absolute atomic E-state index is 10.7. The van der Waals surface area contributed by atoms with Gasteiger partial charge in [-0.15, -0.1) is 11.3 Å². The molecule has 0 spiro atoms. The van der Waals surface area contributed by atoms with Gasteiger partial charge in [-0.05, 0) is 47.7 Å². The van der Waals surface area contributed by atoms with Crippen molar-refractivity contribution < 1.29 is 4.79 Å². The molecular formula is C15H16OS. The third-order valence-corrected chi connectivity index (χ3v) is 3.98. The summed E-state index contributed by atoms with van der Waals surface area (Å²) in [4.78, 5) is 12.7. The van der Waals surface area contributed by atoms with Gasteiger partial charge in [-0.25, -0.2) is 0 Å². The Hall–Kier alpha value is -1.41. The fourth-order valence-corrected chi connectivity index (χ4v) is 2.73. The largest absolute Gasteiger partial charge is 0.297 e. The number of thiophene rings is 1. The highest BCUT2D eigenvalue weighted by atomic mass is 32.1. The van der Waals surface area contributed by atoms with E-state index in [9.17, 15) is 4.79 Å². The van der Waals surface area contributed by atoms with Crippen molar-refractivity contribution >= 4 is 17.6 Å². The molecule has 1 aromatic carbocycles. The predicted molar refractivity (Wildman–Crippen MR) is 74.0 cm³/mol. The number of hydrogen-bond acceptors (Lipinski definition) is 2. The first-order valence-electron chi connectivity index (χ1n) is 5.77. The summed E-state index contributed by atoms with van der Waals surface area (Å²) in [7, 11) is 0. The lowest BCUT2D eigenvalue weighted by Gasteiger charge is -2.10. The van der Waals surface area contributed by atoms with Crippen LogP contribution in [0, 0.1) is 6.92 Å². The molecule has 1 aromatic heterocycles. The van der Waals surface area contributed by atoms with E-state index in [1.54, 1.807) is 11.3 Å². The molecule has 0 aliphatic carbocycles. The number of benzene rings is 1. The molecule has 0 amide bonds. The average Bonchev–Trinajstić information content (AvgIpc) is 2.77. The molecule has 0 saturated carbocycles. The second-order valence-electron chi connectivity index (χ2n) is 4.55. The zero-order valence-electron chi connectivity index (χ0n) is 10.4. The van der Waals surface area contributed by atoms with Crippen LogP contribution in [0.1, 0.15) is 40.6 Å². The van der Waals surface area contributed by atoms with E-state index in [2.05, 4.69) is 39.0 Å². The Balaban J connectivity index is 2.49. The number of carbonyl (C=O) groups is 1. The number of aryl methyl sites for hydroxylation is 1. The average molecular weight is 244 g/mol. The summed E-state index contributed by atoms with van der Waals surface area (Å²) < 4.78 is 0. The predicted octanol–water partition coefficient (Wildman–Crippen LogP) is 4.66. The van der Waals surface area contributed by atoms with E-state index in [1.165, 1.54) is 21.6 Å². The van der Waals surface area contributed by atoms with Crippen LogP contribution in [0.4, 0.5) is 0 Å². The minimum absolute atomic E-state index is 0.528. The van der Waals surface area contributed by atoms with E-state index in [4.69, 9.17) is 0 Å². The summed E-state index contributed by atoms with van der Waals surface area (Å²) in [6.45, 7) is 6.50. The van der Waals surface area contributed by atoms with Gasteiger partial charge in [-0.3, -0.25) is 4.79 Å². The molecule has 88 valence electrons. The number of hydrogen-bond donors (Lipinski definition) is 0. The van der Waals surface area contributed by atoms with Crippen LogP contribution in [0.3, 0.4) is 0 Å². The number of rotatable bonds is 3. The van der Waals surface area contributed by atoms with Crippen molar-refractivity contribution in [2.75, 3.05) is 0 Å². The van der Waals surface area contributed by atoms with Crippen molar-refractivity contribution in [3.05, 3.63) is 46.3 Å². The molecule has 0 N–H and O–H groups in total. The van der Waals surface area contributed by atoms with Crippen molar-refractivity contribution in [1.29, 1.82) is 0 Å². The molecule has 2 rings (SSSR count). The minimum atomic E-state index is 0.528. The lowest BCUT2D eigenvalue weighted by molar-refractivity contribution is 0.112. The van der Waals surface area contributed by atoms with Crippen molar-refractivity contribution in [2.45, 2.75) is 26.7 Å². The van der Waals surface area contributed by atoms with Gasteiger partial charge in [0.05, 0.1) is 4.88 Å². The van der Waals surface area contributed by atoms with Crippen LogP contribution in [0.15, 0.2) is 30.3 Å². The van der Waals surface area contributed by atoms with Crippen molar-refractivity contribution in [2.24, 2.45) is 0 Å². The number of aldehydes is 1. The van der Waals surface area contributed by atoms with Crippen molar-refractivity contribution in [1.82, 2.24) is 0 Å². The standard InChI is InChI=1S/C15H16OS/c1-10(2)12-5-4-11(3)14(8-12)15-7-6-13(9-16)17-15/h4-10H,1-3H3. The SMILES string of the molecule is Cc1ccc(C(C)C)cc1-c1ccc(C=O)s1. The molecule has 1 nitrogen and oxygen atoms in total. The summed E-state index contributed by atoms with van der Waals surface area (Å²) in [6, 6.07) is 10.5. The van der Waals surface area contributed by atoms with Crippen LogP contribution in [-0.4, -0.2) is 6.29 Å². The van der Waals surface area contributed by atoms with Crippen molar-refractivity contribution in [3.63, 3.8) is 0 Å². The Bertz CT molecular complexity index is 538. The third-order valence-electron chi connectivity index (χ3n) is 2.94. The second kappa shape index (κ2) is 4.84. The highest BCUT2D eigenvalue weighted by molar-refractivity contribution is 7.17. The minimum Gasteiger partial charge on any atom is -0.297 e. The van der Waals surface area contributed by atoms with E-state index in [0.29, 0.717) is 5.92 Å². The fourth-order valence-electron chi connectivity index (χ4n) is 1.83. The van der Waals surface area contributed by atoms with Gasteiger partial charge in [0.15, 0.2) is 6.29 Å². The molecule has 0 fully saturated rings. The van der Waals surface area contributed by atoms with Crippen molar-refractivity contribution in [3.8, 4) is 10.4 Å². The van der Waals surface area contributed by atoms with Gasteiger partial charge in [0.25, 0.3) is 0 Å². The molecule has 0 aliphatic rings. The van der Waals surface area contributed by atoms with Crippen LogP contribution >= 0.6 is 11.3 Å². The molecule has 0 radical (unpaired) electrons. The molecule has 2 heteroatoms. The fraction of sp³-hybridized carbons (Fsp3) is 0.267. The maximum atomic E-state index is 10.7. The van der Waals surface area contributed by atoms with E-state index in [0.717, 1.165) is 11.2 Å². The van der Waals surface area contributed by atoms with E-state index in [-0.39, 0.29) is 0 Å². The third kappa shape index (κ3) is 2.47. The first kappa shape index (κ1) is 12.1. The topological polar surface area (TPSA) is 17.1 Å². The number of carbonyl (C=O) groups excluding carboxylic acids is 1. The van der Waals surface area contributed by atoms with Gasteiger partial charge in [0.1, 0.15) is 0 Å². The van der Waals surface area contributed by atoms with Gasteiger partial charge in [-0.1, -0.05) is 26.0 Å². The molecule has 0 aliphatic heterocycles. The lowest BCUT2D eigenvalue weighted by Crippen LogP contribution is -1.89. The summed E-state index contributed by atoms with van der Waals surface area (Å²) in [6.07, 6.45) is 0.912. The summed E-state index contributed by atoms with van der Waals surface area (Å²) >= 11 is 1.55. The molecule has 17 heavy (non-hydrogen) atoms. The van der Waals surface area contributed by atoms with Crippen LogP contribution in [0.25, 0.3) is 10.4 Å². The second-order valence-corrected chi connectivity index (χ2v) is 5.66. The lowest BCUT2D eigenvalue weighted by atomic mass is 9.97. The monoisotopic (exact) mass is 244 g/mol. The maximum Gasteiger partial charge on any atom is 0.160 e. The molecule has 0 saturated heterocycles. The molecular weight excluding hydrogens is 228 g/mol. The van der Waals surface area contributed by atoms with Gasteiger partial charge in [0, 0.05) is 4.88 Å². The molecule has 0 atom stereocenters. The zero-order chi connectivity index (χ0) is 12.4. The Kier molecular flexibility index (Phi) is 3.43. The molecule has 0 unspecified atom stereocenters. The van der Waals surface area contributed by atoms with E-state index >= 15 is 0 Å². The summed E-state index contributed by atoms with van der Waals surface area (Å²) in [5.74, 6) is 0.528. The Morgan fingerprint density at radius 1 is 1.18 bits per heavy atom. The van der Waals surface area contributed by atoms with Gasteiger partial charge in [0.2, 0.25) is 0 Å². The van der Waals surface area contributed by atoms with Gasteiger partial charge < -0.3 is 0 Å². The first-order valence-corrected chi connectivity index (χ1v) is 6.59. The highest BCUT2D eigenvalue weighted by Gasteiger charge is 2.08. The van der Waals surface area contributed by atoms with Crippen LogP contribution in [-0.2, 0) is 0 Å². The first-order chi connectivity index (χ1) is 8.11. The van der Waals surface area contributed by atoms with Crippen LogP contribution in [0.5, 0.6) is 0 Å². The summed E-state index contributed by atoms with van der Waals surface area (Å²) in [5, 5.41) is 0. The van der Waals surface area contributed by atoms with E-state index < -0.39 is 0 Å².